The molecule has 1 aliphatic rings. The molecular weight excluding hydrogens is 282 g/mol. The number of ether oxygens (including phenoxy) is 1. The molecule has 22 heavy (non-hydrogen) atoms. The number of amides is 1. The van der Waals surface area contributed by atoms with Crippen LogP contribution in [0.1, 0.15) is 47.9 Å². The Labute approximate surface area is 129 Å². The van der Waals surface area contributed by atoms with E-state index in [0.29, 0.717) is 36.2 Å². The van der Waals surface area contributed by atoms with Crippen molar-refractivity contribution in [3.8, 4) is 5.75 Å². The van der Waals surface area contributed by atoms with Crippen LogP contribution in [0.2, 0.25) is 0 Å². The summed E-state index contributed by atoms with van der Waals surface area (Å²) in [5, 5.41) is 3.83. The van der Waals surface area contributed by atoms with Gasteiger partial charge in [-0.05, 0) is 38.8 Å². The van der Waals surface area contributed by atoms with Crippen LogP contribution < -0.4 is 4.74 Å². The summed E-state index contributed by atoms with van der Waals surface area (Å²) >= 11 is 0. The molecule has 1 amide bonds. The number of aryl methyl sites for hydroxylation is 1. The largest absolute Gasteiger partial charge is 0.493 e. The summed E-state index contributed by atoms with van der Waals surface area (Å²) in [6.45, 7) is 4.89. The van der Waals surface area contributed by atoms with Crippen molar-refractivity contribution in [3.63, 3.8) is 0 Å². The molecule has 2 heterocycles. The molecule has 1 aromatic heterocycles. The smallest absolute Gasteiger partial charge is 0.258 e. The van der Waals surface area contributed by atoms with Crippen molar-refractivity contribution < 1.29 is 14.1 Å². The lowest BCUT2D eigenvalue weighted by Crippen LogP contribution is -2.31. The predicted molar refractivity (Wildman–Crippen MR) is 79.7 cm³/mol. The molecule has 1 atom stereocenters. The number of aromatic nitrogens is 2. The van der Waals surface area contributed by atoms with E-state index in [1.54, 1.807) is 17.9 Å². The van der Waals surface area contributed by atoms with Crippen molar-refractivity contribution in [1.29, 1.82) is 0 Å². The maximum atomic E-state index is 12.9. The third kappa shape index (κ3) is 2.68. The van der Waals surface area contributed by atoms with Gasteiger partial charge in [0.25, 0.3) is 5.91 Å². The molecular formula is C16H19N3O3. The topological polar surface area (TPSA) is 68.5 Å². The lowest BCUT2D eigenvalue weighted by molar-refractivity contribution is 0.0706. The lowest BCUT2D eigenvalue weighted by Gasteiger charge is -2.23. The van der Waals surface area contributed by atoms with Crippen LogP contribution in [0, 0.1) is 6.92 Å². The fourth-order valence-corrected chi connectivity index (χ4v) is 2.79. The van der Waals surface area contributed by atoms with Crippen LogP contribution in [0.5, 0.6) is 5.75 Å². The molecule has 0 saturated carbocycles. The number of nitrogens with zero attached hydrogens (tertiary/aromatic N) is 3. The SMILES string of the molecule is CCOc1ccccc1C(=O)N1CCCC1c1nc(C)no1. The molecule has 0 spiro atoms. The highest BCUT2D eigenvalue weighted by Gasteiger charge is 2.35. The van der Waals surface area contributed by atoms with Crippen molar-refractivity contribution in [1.82, 2.24) is 15.0 Å². The Morgan fingerprint density at radius 2 is 2.27 bits per heavy atom. The summed E-state index contributed by atoms with van der Waals surface area (Å²) in [6.07, 6.45) is 1.76. The number of para-hydroxylation sites is 1. The van der Waals surface area contributed by atoms with Crippen LogP contribution in [0.25, 0.3) is 0 Å². The van der Waals surface area contributed by atoms with Crippen LogP contribution in [-0.2, 0) is 0 Å². The molecule has 6 nitrogen and oxygen atoms in total. The average molecular weight is 301 g/mol. The van der Waals surface area contributed by atoms with E-state index in [2.05, 4.69) is 10.1 Å². The molecule has 3 rings (SSSR count). The van der Waals surface area contributed by atoms with E-state index < -0.39 is 0 Å². The van der Waals surface area contributed by atoms with Gasteiger partial charge in [0.15, 0.2) is 5.82 Å². The first-order valence-corrected chi connectivity index (χ1v) is 7.53. The molecule has 0 aliphatic carbocycles. The van der Waals surface area contributed by atoms with Crippen molar-refractivity contribution in [3.05, 3.63) is 41.5 Å². The molecule has 0 bridgehead atoms. The molecule has 1 saturated heterocycles. The van der Waals surface area contributed by atoms with Gasteiger partial charge in [-0.2, -0.15) is 4.98 Å². The first kappa shape index (κ1) is 14.6. The molecule has 1 aromatic carbocycles. The Morgan fingerprint density at radius 1 is 1.45 bits per heavy atom. The molecule has 1 unspecified atom stereocenters. The fraction of sp³-hybridized carbons (Fsp3) is 0.438. The molecule has 2 aromatic rings. The average Bonchev–Trinajstić information content (AvgIpc) is 3.16. The summed E-state index contributed by atoms with van der Waals surface area (Å²) in [6, 6.07) is 7.17. The minimum Gasteiger partial charge on any atom is -0.493 e. The predicted octanol–water partition coefficient (Wildman–Crippen LogP) is 2.75. The minimum absolute atomic E-state index is 0.0533. The van der Waals surface area contributed by atoms with E-state index in [0.717, 1.165) is 12.8 Å². The molecule has 6 heteroatoms. The Bertz CT molecular complexity index is 668. The van der Waals surface area contributed by atoms with Gasteiger partial charge in [-0.1, -0.05) is 17.3 Å². The Kier molecular flexibility index (Phi) is 4.09. The van der Waals surface area contributed by atoms with Crippen LogP contribution in [0.15, 0.2) is 28.8 Å². The molecule has 116 valence electrons. The quantitative estimate of drug-likeness (QED) is 0.868. The number of hydrogen-bond acceptors (Lipinski definition) is 5. The van der Waals surface area contributed by atoms with Crippen LogP contribution in [0.3, 0.4) is 0 Å². The normalized spacial score (nSPS) is 17.7. The Morgan fingerprint density at radius 3 is 3.00 bits per heavy atom. The van der Waals surface area contributed by atoms with E-state index >= 15 is 0 Å². The Hall–Kier alpha value is -2.37. The molecule has 1 aliphatic heterocycles. The monoisotopic (exact) mass is 301 g/mol. The van der Waals surface area contributed by atoms with Gasteiger partial charge in [-0.15, -0.1) is 0 Å². The third-order valence-corrected chi connectivity index (χ3v) is 3.76. The minimum atomic E-state index is -0.150. The summed E-state index contributed by atoms with van der Waals surface area (Å²) in [5.74, 6) is 1.66. The lowest BCUT2D eigenvalue weighted by atomic mass is 10.1. The molecule has 0 N–H and O–H groups in total. The summed E-state index contributed by atoms with van der Waals surface area (Å²) in [7, 11) is 0. The van der Waals surface area contributed by atoms with E-state index in [4.69, 9.17) is 9.26 Å². The van der Waals surface area contributed by atoms with Gasteiger partial charge in [-0.25, -0.2) is 0 Å². The van der Waals surface area contributed by atoms with Gasteiger partial charge >= 0.3 is 0 Å². The van der Waals surface area contributed by atoms with Crippen LogP contribution in [0.4, 0.5) is 0 Å². The fourth-order valence-electron chi connectivity index (χ4n) is 2.79. The number of rotatable bonds is 4. The van der Waals surface area contributed by atoms with Crippen molar-refractivity contribution in [2.45, 2.75) is 32.7 Å². The van der Waals surface area contributed by atoms with E-state index in [-0.39, 0.29) is 11.9 Å². The van der Waals surface area contributed by atoms with E-state index in [9.17, 15) is 4.79 Å². The highest BCUT2D eigenvalue weighted by atomic mass is 16.5. The number of benzene rings is 1. The van der Waals surface area contributed by atoms with E-state index in [1.807, 2.05) is 25.1 Å². The highest BCUT2D eigenvalue weighted by Crippen LogP contribution is 2.33. The second-order valence-corrected chi connectivity index (χ2v) is 5.27. The van der Waals surface area contributed by atoms with Gasteiger partial charge in [0, 0.05) is 6.54 Å². The number of hydrogen-bond donors (Lipinski definition) is 0. The summed E-state index contributed by atoms with van der Waals surface area (Å²) in [4.78, 5) is 19.0. The van der Waals surface area contributed by atoms with Crippen molar-refractivity contribution >= 4 is 5.91 Å². The number of carbonyl (C=O) groups excluding carboxylic acids is 1. The van der Waals surface area contributed by atoms with Crippen molar-refractivity contribution in [2.24, 2.45) is 0 Å². The third-order valence-electron chi connectivity index (χ3n) is 3.76. The molecule has 0 radical (unpaired) electrons. The van der Waals surface area contributed by atoms with Crippen LogP contribution in [-0.4, -0.2) is 34.1 Å². The zero-order valence-electron chi connectivity index (χ0n) is 12.8. The van der Waals surface area contributed by atoms with E-state index in [1.165, 1.54) is 0 Å². The first-order chi connectivity index (χ1) is 10.7. The Balaban J connectivity index is 1.88. The zero-order chi connectivity index (χ0) is 15.5. The molecule has 1 fully saturated rings. The number of carbonyl (C=O) groups is 1. The zero-order valence-corrected chi connectivity index (χ0v) is 12.8. The second-order valence-electron chi connectivity index (χ2n) is 5.27. The first-order valence-electron chi connectivity index (χ1n) is 7.53. The van der Waals surface area contributed by atoms with Gasteiger partial charge in [0.1, 0.15) is 11.8 Å². The van der Waals surface area contributed by atoms with Crippen molar-refractivity contribution in [2.75, 3.05) is 13.2 Å². The van der Waals surface area contributed by atoms with Gasteiger partial charge in [-0.3, -0.25) is 4.79 Å². The maximum Gasteiger partial charge on any atom is 0.258 e. The number of likely N-dealkylation sites (tertiary alicyclic amines) is 1. The standard InChI is InChI=1S/C16H19N3O3/c1-3-21-14-9-5-4-7-12(14)16(20)19-10-6-8-13(19)15-17-11(2)18-22-15/h4-5,7,9,13H,3,6,8,10H2,1-2H3. The maximum absolute atomic E-state index is 12.9. The highest BCUT2D eigenvalue weighted by molar-refractivity contribution is 5.97. The van der Waals surface area contributed by atoms with Crippen LogP contribution >= 0.6 is 0 Å². The summed E-state index contributed by atoms with van der Waals surface area (Å²) in [5.41, 5.74) is 0.576. The van der Waals surface area contributed by atoms with Gasteiger partial charge < -0.3 is 14.2 Å². The summed E-state index contributed by atoms with van der Waals surface area (Å²) < 4.78 is 10.8. The van der Waals surface area contributed by atoms with Gasteiger partial charge in [0.2, 0.25) is 5.89 Å². The van der Waals surface area contributed by atoms with Gasteiger partial charge in [0.05, 0.1) is 12.2 Å². The second kappa shape index (κ2) is 6.17.